The normalized spacial score (nSPS) is 11.9. The summed E-state index contributed by atoms with van der Waals surface area (Å²) in [7, 11) is 1.51. The monoisotopic (exact) mass is 307 g/mol. The number of anilines is 1. The highest BCUT2D eigenvalue weighted by molar-refractivity contribution is 6.05. The Balaban J connectivity index is 2.04. The van der Waals surface area contributed by atoms with E-state index in [4.69, 9.17) is 9.47 Å². The van der Waals surface area contributed by atoms with Crippen LogP contribution in [0.2, 0.25) is 0 Å². The molecule has 0 spiro atoms. The average Bonchev–Trinajstić information content (AvgIpc) is 2.93. The zero-order valence-corrected chi connectivity index (χ0v) is 12.3. The molecule has 0 fully saturated rings. The molecule has 0 bridgehead atoms. The molecule has 2 amide bonds. The molecule has 1 aromatic rings. The molecule has 0 saturated carbocycles. The van der Waals surface area contributed by atoms with Crippen molar-refractivity contribution in [3.05, 3.63) is 17.7 Å². The van der Waals surface area contributed by atoms with Gasteiger partial charge < -0.3 is 20.1 Å². The lowest BCUT2D eigenvalue weighted by molar-refractivity contribution is -0.120. The molecule has 1 aromatic carbocycles. The van der Waals surface area contributed by atoms with Gasteiger partial charge in [-0.2, -0.15) is 0 Å². The van der Waals surface area contributed by atoms with Crippen LogP contribution in [0.5, 0.6) is 11.5 Å². The maximum absolute atomic E-state index is 11.9. The Kier molecular flexibility index (Phi) is 4.95. The SMILES string of the molecule is CNC(=O)CNCC(=O)Nc1cc2c(cc1C(C)=O)OCO2. The molecule has 22 heavy (non-hydrogen) atoms. The predicted molar refractivity (Wildman–Crippen MR) is 78.1 cm³/mol. The molecule has 1 aliphatic heterocycles. The number of fused-ring (bicyclic) bond motifs is 1. The van der Waals surface area contributed by atoms with Gasteiger partial charge in [-0.3, -0.25) is 19.7 Å². The molecule has 2 rings (SSSR count). The highest BCUT2D eigenvalue weighted by atomic mass is 16.7. The Labute approximate surface area is 127 Å². The van der Waals surface area contributed by atoms with Crippen LogP contribution >= 0.6 is 0 Å². The fourth-order valence-corrected chi connectivity index (χ4v) is 1.91. The maximum atomic E-state index is 11.9. The van der Waals surface area contributed by atoms with Crippen molar-refractivity contribution in [2.45, 2.75) is 6.92 Å². The van der Waals surface area contributed by atoms with Gasteiger partial charge in [0.25, 0.3) is 0 Å². The van der Waals surface area contributed by atoms with Crippen molar-refractivity contribution in [1.82, 2.24) is 10.6 Å². The first-order valence-corrected chi connectivity index (χ1v) is 6.67. The van der Waals surface area contributed by atoms with Crippen molar-refractivity contribution < 1.29 is 23.9 Å². The minimum atomic E-state index is -0.370. The summed E-state index contributed by atoms with van der Waals surface area (Å²) >= 11 is 0. The van der Waals surface area contributed by atoms with E-state index < -0.39 is 0 Å². The Morgan fingerprint density at radius 3 is 2.36 bits per heavy atom. The zero-order chi connectivity index (χ0) is 16.1. The Morgan fingerprint density at radius 1 is 1.09 bits per heavy atom. The van der Waals surface area contributed by atoms with Gasteiger partial charge in [-0.05, 0) is 13.0 Å². The smallest absolute Gasteiger partial charge is 0.238 e. The lowest BCUT2D eigenvalue weighted by Crippen LogP contribution is -2.36. The third kappa shape index (κ3) is 3.73. The second-order valence-corrected chi connectivity index (χ2v) is 4.63. The van der Waals surface area contributed by atoms with Gasteiger partial charge in [-0.1, -0.05) is 0 Å². The number of ketones is 1. The Bertz CT molecular complexity index is 615. The molecule has 8 nitrogen and oxygen atoms in total. The summed E-state index contributed by atoms with van der Waals surface area (Å²) in [5.74, 6) is 0.150. The molecular weight excluding hydrogens is 290 g/mol. The number of carbonyl (C=O) groups excluding carboxylic acids is 3. The van der Waals surface area contributed by atoms with Gasteiger partial charge in [-0.25, -0.2) is 0 Å². The number of nitrogens with one attached hydrogen (secondary N) is 3. The van der Waals surface area contributed by atoms with Crippen LogP contribution in [0.3, 0.4) is 0 Å². The third-order valence-electron chi connectivity index (χ3n) is 3.02. The molecule has 8 heteroatoms. The third-order valence-corrected chi connectivity index (χ3v) is 3.02. The van der Waals surface area contributed by atoms with Gasteiger partial charge >= 0.3 is 0 Å². The van der Waals surface area contributed by atoms with E-state index in [0.717, 1.165) is 0 Å². The molecule has 0 aliphatic carbocycles. The lowest BCUT2D eigenvalue weighted by Gasteiger charge is -2.11. The van der Waals surface area contributed by atoms with Gasteiger partial charge in [0, 0.05) is 18.7 Å². The average molecular weight is 307 g/mol. The van der Waals surface area contributed by atoms with Crippen LogP contribution in [0.1, 0.15) is 17.3 Å². The van der Waals surface area contributed by atoms with Crippen molar-refractivity contribution in [1.29, 1.82) is 0 Å². The summed E-state index contributed by atoms with van der Waals surface area (Å²) in [4.78, 5) is 34.6. The number of amides is 2. The van der Waals surface area contributed by atoms with Gasteiger partial charge in [-0.15, -0.1) is 0 Å². The van der Waals surface area contributed by atoms with Crippen LogP contribution in [0.4, 0.5) is 5.69 Å². The van der Waals surface area contributed by atoms with Crippen LogP contribution in [0.25, 0.3) is 0 Å². The number of likely N-dealkylation sites (N-methyl/N-ethyl adjacent to an activating group) is 1. The molecule has 0 atom stereocenters. The first kappa shape index (κ1) is 15.8. The lowest BCUT2D eigenvalue weighted by atomic mass is 10.1. The molecule has 0 aromatic heterocycles. The van der Waals surface area contributed by atoms with Gasteiger partial charge in [0.2, 0.25) is 18.6 Å². The van der Waals surface area contributed by atoms with Crippen molar-refractivity contribution in [2.24, 2.45) is 0 Å². The Morgan fingerprint density at radius 2 is 1.73 bits per heavy atom. The van der Waals surface area contributed by atoms with Crippen LogP contribution in [0, 0.1) is 0 Å². The molecule has 1 aliphatic rings. The number of Topliss-reactive ketones (excluding diaryl/α,β-unsaturated/α-hetero) is 1. The number of ether oxygens (including phenoxy) is 2. The summed E-state index contributed by atoms with van der Waals surface area (Å²) < 4.78 is 10.4. The predicted octanol–water partition coefficient (Wildman–Crippen LogP) is -0.108. The van der Waals surface area contributed by atoms with E-state index in [1.54, 1.807) is 6.07 Å². The number of carbonyl (C=O) groups is 3. The van der Waals surface area contributed by atoms with E-state index in [9.17, 15) is 14.4 Å². The maximum Gasteiger partial charge on any atom is 0.238 e. The number of rotatable bonds is 6. The second kappa shape index (κ2) is 6.90. The van der Waals surface area contributed by atoms with E-state index in [-0.39, 0.29) is 37.5 Å². The molecule has 0 unspecified atom stereocenters. The highest BCUT2D eigenvalue weighted by Gasteiger charge is 2.20. The van der Waals surface area contributed by atoms with Gasteiger partial charge in [0.15, 0.2) is 17.3 Å². The van der Waals surface area contributed by atoms with E-state index in [1.807, 2.05) is 0 Å². The van der Waals surface area contributed by atoms with Crippen molar-refractivity contribution in [3.8, 4) is 11.5 Å². The molecular formula is C14H17N3O5. The van der Waals surface area contributed by atoms with E-state index in [1.165, 1.54) is 20.0 Å². The summed E-state index contributed by atoms with van der Waals surface area (Å²) in [5, 5.41) is 7.75. The van der Waals surface area contributed by atoms with E-state index in [0.29, 0.717) is 22.7 Å². The van der Waals surface area contributed by atoms with Crippen LogP contribution in [-0.4, -0.2) is 44.5 Å². The molecule has 0 radical (unpaired) electrons. The van der Waals surface area contributed by atoms with Crippen molar-refractivity contribution >= 4 is 23.3 Å². The van der Waals surface area contributed by atoms with Crippen LogP contribution in [0.15, 0.2) is 12.1 Å². The number of hydrogen-bond donors (Lipinski definition) is 3. The standard InChI is InChI=1S/C14H17N3O5/c1-8(18)9-3-11-12(22-7-21-11)4-10(9)17-14(20)6-16-5-13(19)15-2/h3-4,16H,5-7H2,1-2H3,(H,15,19)(H,17,20). The first-order valence-electron chi connectivity index (χ1n) is 6.67. The van der Waals surface area contributed by atoms with E-state index in [2.05, 4.69) is 16.0 Å². The molecule has 3 N–H and O–H groups in total. The van der Waals surface area contributed by atoms with Gasteiger partial charge in [0.1, 0.15) is 0 Å². The fourth-order valence-electron chi connectivity index (χ4n) is 1.91. The summed E-state index contributed by atoms with van der Waals surface area (Å²) in [5.41, 5.74) is 0.687. The van der Waals surface area contributed by atoms with Gasteiger partial charge in [0.05, 0.1) is 18.8 Å². The van der Waals surface area contributed by atoms with Crippen molar-refractivity contribution in [3.63, 3.8) is 0 Å². The Hall–Kier alpha value is -2.61. The summed E-state index contributed by atoms with van der Waals surface area (Å²) in [6, 6.07) is 3.09. The zero-order valence-electron chi connectivity index (χ0n) is 12.3. The topological polar surface area (TPSA) is 106 Å². The molecule has 0 saturated heterocycles. The minimum absolute atomic E-state index is 0.0324. The van der Waals surface area contributed by atoms with E-state index >= 15 is 0 Å². The minimum Gasteiger partial charge on any atom is -0.454 e. The fraction of sp³-hybridized carbons (Fsp3) is 0.357. The number of benzene rings is 1. The quantitative estimate of drug-likeness (QED) is 0.633. The highest BCUT2D eigenvalue weighted by Crippen LogP contribution is 2.37. The summed E-state index contributed by atoms with van der Waals surface area (Å²) in [6.45, 7) is 1.46. The van der Waals surface area contributed by atoms with Crippen LogP contribution < -0.4 is 25.4 Å². The van der Waals surface area contributed by atoms with Crippen LogP contribution in [-0.2, 0) is 9.59 Å². The first-order chi connectivity index (χ1) is 10.5. The number of hydrogen-bond acceptors (Lipinski definition) is 6. The largest absolute Gasteiger partial charge is 0.454 e. The van der Waals surface area contributed by atoms with Crippen molar-refractivity contribution in [2.75, 3.05) is 32.2 Å². The second-order valence-electron chi connectivity index (χ2n) is 4.63. The summed E-state index contributed by atoms with van der Waals surface area (Å²) in [6.07, 6.45) is 0. The molecule has 118 valence electrons. The molecule has 1 heterocycles.